The first-order valence-corrected chi connectivity index (χ1v) is 8.92. The maximum atomic E-state index is 11.2. The van der Waals surface area contributed by atoms with Gasteiger partial charge in [-0.1, -0.05) is 72.4 Å². The molecule has 3 heteroatoms. The zero-order chi connectivity index (χ0) is 14.3. The van der Waals surface area contributed by atoms with Crippen LogP contribution in [0.1, 0.15) is 12.8 Å². The quantitative estimate of drug-likeness (QED) is 0.625. The predicted octanol–water partition coefficient (Wildman–Crippen LogP) is 1.61. The molecule has 0 bridgehead atoms. The van der Waals surface area contributed by atoms with Crippen LogP contribution in [0.5, 0.6) is 0 Å². The Labute approximate surface area is 121 Å². The summed E-state index contributed by atoms with van der Waals surface area (Å²) >= 11 is 0. The number of hydrogen-bond acceptors (Lipinski definition) is 2. The van der Waals surface area contributed by atoms with Crippen molar-refractivity contribution in [2.24, 2.45) is 0 Å². The summed E-state index contributed by atoms with van der Waals surface area (Å²) in [6, 6.07) is 19.7. The molecule has 0 saturated carbocycles. The normalized spacial score (nSPS) is 11.9. The van der Waals surface area contributed by atoms with E-state index in [2.05, 4.69) is 0 Å². The second kappa shape index (κ2) is 7.19. The van der Waals surface area contributed by atoms with E-state index in [1.165, 1.54) is 0 Å². The molecule has 2 N–H and O–H groups in total. The summed E-state index contributed by atoms with van der Waals surface area (Å²) in [6.45, 7) is 0.182. The average molecular weight is 284 g/mol. The standard InChI is InChI=1S/C17H20O2Si/c18-14-8-3-9-15-20(19,16-10-4-1-5-11-16)17-12-6-2-7-13-17/h1-2,4-7,9-13,15,18-19H,3,8,14H2/b15-9-. The van der Waals surface area contributed by atoms with Crippen LogP contribution in [0.3, 0.4) is 0 Å². The largest absolute Gasteiger partial charge is 0.421 e. The van der Waals surface area contributed by atoms with E-state index in [-0.39, 0.29) is 6.61 Å². The molecule has 0 aliphatic rings. The highest BCUT2D eigenvalue weighted by atomic mass is 28.4. The Bertz CT molecular complexity index is 498. The second-order valence-electron chi connectivity index (χ2n) is 4.77. The Hall–Kier alpha value is -1.68. The van der Waals surface area contributed by atoms with Gasteiger partial charge in [-0.3, -0.25) is 0 Å². The van der Waals surface area contributed by atoms with Crippen molar-refractivity contribution in [3.8, 4) is 0 Å². The predicted molar refractivity (Wildman–Crippen MR) is 85.6 cm³/mol. The van der Waals surface area contributed by atoms with Gasteiger partial charge in [-0.25, -0.2) is 0 Å². The van der Waals surface area contributed by atoms with Gasteiger partial charge in [0.1, 0.15) is 0 Å². The van der Waals surface area contributed by atoms with Crippen molar-refractivity contribution >= 4 is 18.7 Å². The lowest BCUT2D eigenvalue weighted by atomic mass is 10.3. The molecule has 0 spiro atoms. The third-order valence-electron chi connectivity index (χ3n) is 3.32. The minimum absolute atomic E-state index is 0.182. The number of unbranched alkanes of at least 4 members (excludes halogenated alkanes) is 1. The van der Waals surface area contributed by atoms with Gasteiger partial charge in [-0.15, -0.1) is 0 Å². The molecular weight excluding hydrogens is 264 g/mol. The number of aliphatic hydroxyl groups is 1. The molecule has 0 radical (unpaired) electrons. The molecule has 0 atom stereocenters. The van der Waals surface area contributed by atoms with Crippen LogP contribution in [0.15, 0.2) is 72.4 Å². The summed E-state index contributed by atoms with van der Waals surface area (Å²) in [5, 5.41) is 10.8. The molecular formula is C17H20O2Si. The van der Waals surface area contributed by atoms with Crippen molar-refractivity contribution in [1.29, 1.82) is 0 Å². The van der Waals surface area contributed by atoms with Crippen LogP contribution in [0.4, 0.5) is 0 Å². The van der Waals surface area contributed by atoms with Crippen LogP contribution in [0, 0.1) is 0 Å². The average Bonchev–Trinajstić information content (AvgIpc) is 2.53. The van der Waals surface area contributed by atoms with Crippen LogP contribution in [-0.2, 0) is 0 Å². The Morgan fingerprint density at radius 2 is 1.35 bits per heavy atom. The fourth-order valence-electron chi connectivity index (χ4n) is 2.21. The highest BCUT2D eigenvalue weighted by Gasteiger charge is 2.32. The maximum Gasteiger partial charge on any atom is 0.277 e. The van der Waals surface area contributed by atoms with Gasteiger partial charge < -0.3 is 9.90 Å². The van der Waals surface area contributed by atoms with E-state index in [9.17, 15) is 4.80 Å². The molecule has 0 aliphatic carbocycles. The monoisotopic (exact) mass is 284 g/mol. The lowest BCUT2D eigenvalue weighted by Gasteiger charge is -2.22. The highest BCUT2D eigenvalue weighted by Crippen LogP contribution is 2.05. The molecule has 2 aromatic rings. The Balaban J connectivity index is 2.36. The van der Waals surface area contributed by atoms with Gasteiger partial charge in [0.05, 0.1) is 0 Å². The maximum absolute atomic E-state index is 11.2. The zero-order valence-electron chi connectivity index (χ0n) is 11.4. The summed E-state index contributed by atoms with van der Waals surface area (Å²) in [5.74, 6) is 0. The summed E-state index contributed by atoms with van der Waals surface area (Å²) in [6.07, 6.45) is 3.50. The number of benzene rings is 2. The summed E-state index contributed by atoms with van der Waals surface area (Å²) in [4.78, 5) is 11.2. The van der Waals surface area contributed by atoms with Crippen molar-refractivity contribution in [2.45, 2.75) is 12.8 Å². The number of allylic oxidation sites excluding steroid dienone is 1. The Morgan fingerprint density at radius 3 is 1.80 bits per heavy atom. The first kappa shape index (κ1) is 14.7. The molecule has 0 fully saturated rings. The smallest absolute Gasteiger partial charge is 0.277 e. The zero-order valence-corrected chi connectivity index (χ0v) is 12.4. The molecule has 0 amide bonds. The Morgan fingerprint density at radius 1 is 0.850 bits per heavy atom. The lowest BCUT2D eigenvalue weighted by Crippen LogP contribution is -2.57. The minimum Gasteiger partial charge on any atom is -0.421 e. The number of rotatable bonds is 6. The van der Waals surface area contributed by atoms with Gasteiger partial charge in [0, 0.05) is 6.61 Å². The summed E-state index contributed by atoms with van der Waals surface area (Å²) < 4.78 is 0. The van der Waals surface area contributed by atoms with Crippen molar-refractivity contribution in [1.82, 2.24) is 0 Å². The van der Waals surface area contributed by atoms with E-state index in [0.29, 0.717) is 0 Å². The third kappa shape index (κ3) is 3.45. The van der Waals surface area contributed by atoms with Gasteiger partial charge in [0.15, 0.2) is 0 Å². The van der Waals surface area contributed by atoms with E-state index in [4.69, 9.17) is 5.11 Å². The minimum atomic E-state index is -2.81. The Kier molecular flexibility index (Phi) is 5.29. The van der Waals surface area contributed by atoms with E-state index in [0.717, 1.165) is 23.2 Å². The third-order valence-corrected chi connectivity index (χ3v) is 6.46. The topological polar surface area (TPSA) is 40.5 Å². The van der Waals surface area contributed by atoms with Crippen LogP contribution in [-0.4, -0.2) is 24.8 Å². The van der Waals surface area contributed by atoms with Crippen molar-refractivity contribution in [3.05, 3.63) is 72.4 Å². The van der Waals surface area contributed by atoms with Crippen molar-refractivity contribution in [2.75, 3.05) is 6.61 Å². The van der Waals surface area contributed by atoms with Crippen molar-refractivity contribution in [3.63, 3.8) is 0 Å². The van der Waals surface area contributed by atoms with E-state index in [1.807, 2.05) is 72.4 Å². The fraction of sp³-hybridized carbons (Fsp3) is 0.176. The lowest BCUT2D eigenvalue weighted by molar-refractivity contribution is 0.289. The SMILES string of the molecule is OCCC/C=C\[Si](O)(c1ccccc1)c1ccccc1. The molecule has 0 heterocycles. The molecule has 2 rings (SSSR count). The molecule has 0 aromatic heterocycles. The molecule has 104 valence electrons. The second-order valence-corrected chi connectivity index (χ2v) is 7.79. The van der Waals surface area contributed by atoms with Crippen LogP contribution in [0.25, 0.3) is 0 Å². The van der Waals surface area contributed by atoms with Crippen LogP contribution in [0.2, 0.25) is 0 Å². The molecule has 0 saturated heterocycles. The van der Waals surface area contributed by atoms with Crippen molar-refractivity contribution < 1.29 is 9.90 Å². The van der Waals surface area contributed by atoms with Crippen LogP contribution < -0.4 is 10.4 Å². The first-order valence-electron chi connectivity index (χ1n) is 6.89. The summed E-state index contributed by atoms with van der Waals surface area (Å²) in [5.41, 5.74) is 1.95. The van der Waals surface area contributed by atoms with Gasteiger partial charge in [-0.05, 0) is 23.2 Å². The van der Waals surface area contributed by atoms with Gasteiger partial charge in [0.25, 0.3) is 8.32 Å². The molecule has 0 aliphatic heterocycles. The highest BCUT2D eigenvalue weighted by molar-refractivity contribution is 7.00. The van der Waals surface area contributed by atoms with Crippen LogP contribution >= 0.6 is 0 Å². The van der Waals surface area contributed by atoms with Gasteiger partial charge >= 0.3 is 0 Å². The van der Waals surface area contributed by atoms with Gasteiger partial charge in [-0.2, -0.15) is 0 Å². The molecule has 2 aromatic carbocycles. The number of aliphatic hydroxyl groups excluding tert-OH is 1. The van der Waals surface area contributed by atoms with E-state index >= 15 is 0 Å². The van der Waals surface area contributed by atoms with Gasteiger partial charge in [0.2, 0.25) is 0 Å². The molecule has 0 unspecified atom stereocenters. The van der Waals surface area contributed by atoms with E-state index < -0.39 is 8.32 Å². The first-order chi connectivity index (χ1) is 9.77. The molecule has 20 heavy (non-hydrogen) atoms. The molecule has 2 nitrogen and oxygen atoms in total. The number of hydrogen-bond donors (Lipinski definition) is 2. The fourth-order valence-corrected chi connectivity index (χ4v) is 4.83. The van der Waals surface area contributed by atoms with E-state index in [1.54, 1.807) is 0 Å². The summed E-state index contributed by atoms with van der Waals surface area (Å²) in [7, 11) is -2.81.